The maximum absolute atomic E-state index is 14.1. The summed E-state index contributed by atoms with van der Waals surface area (Å²) in [5.41, 5.74) is 3.39. The normalized spacial score (nSPS) is 29.8. The topological polar surface area (TPSA) is 26.7 Å². The molecule has 2 atom stereocenters. The summed E-state index contributed by atoms with van der Waals surface area (Å²) in [4.78, 5) is 5.08. The molecule has 166 valence electrons. The van der Waals surface area contributed by atoms with Crippen molar-refractivity contribution in [2.24, 2.45) is 5.92 Å². The highest BCUT2D eigenvalue weighted by Crippen LogP contribution is 2.47. The molecule has 0 amide bonds. The second-order valence-corrected chi connectivity index (χ2v) is 9.64. The van der Waals surface area contributed by atoms with Gasteiger partial charge in [-0.05, 0) is 79.0 Å². The number of aliphatic hydroxyl groups excluding tert-OH is 1. The lowest BCUT2D eigenvalue weighted by Crippen LogP contribution is -2.48. The first kappa shape index (κ1) is 21.0. The van der Waals surface area contributed by atoms with Gasteiger partial charge in [-0.15, -0.1) is 0 Å². The minimum atomic E-state index is -0.221. The van der Waals surface area contributed by atoms with Gasteiger partial charge in [-0.3, -0.25) is 4.90 Å². The van der Waals surface area contributed by atoms with E-state index in [0.717, 1.165) is 76.0 Å². The van der Waals surface area contributed by atoms with Crippen LogP contribution in [0.3, 0.4) is 0 Å². The molecule has 1 N–H and O–H groups in total. The van der Waals surface area contributed by atoms with Crippen molar-refractivity contribution in [2.75, 3.05) is 32.7 Å². The second kappa shape index (κ2) is 8.97. The third kappa shape index (κ3) is 4.55. The highest BCUT2D eigenvalue weighted by Gasteiger charge is 2.37. The van der Waals surface area contributed by atoms with Gasteiger partial charge in [-0.1, -0.05) is 18.2 Å². The van der Waals surface area contributed by atoms with Gasteiger partial charge in [0.15, 0.2) is 0 Å². The van der Waals surface area contributed by atoms with E-state index < -0.39 is 0 Å². The number of piperazine rings is 1. The average molecular weight is 427 g/mol. The van der Waals surface area contributed by atoms with Crippen LogP contribution in [-0.4, -0.2) is 53.7 Å². The quantitative estimate of drug-likeness (QED) is 0.767. The number of fused-ring (bicyclic) bond motifs is 1. The van der Waals surface area contributed by atoms with Crippen molar-refractivity contribution in [3.05, 3.63) is 70.8 Å². The largest absolute Gasteiger partial charge is 0.393 e. The highest BCUT2D eigenvalue weighted by molar-refractivity contribution is 5.45. The third-order valence-electron chi connectivity index (χ3n) is 7.69. The fourth-order valence-electron chi connectivity index (χ4n) is 5.94. The molecule has 0 spiro atoms. The molecular formula is C26H32F2N2O. The molecule has 0 aromatic heterocycles. The summed E-state index contributed by atoms with van der Waals surface area (Å²) in [5.74, 6) is 0.495. The Balaban J connectivity index is 1.26. The fraction of sp³-hybridized carbons (Fsp3) is 0.538. The molecular weight excluding hydrogens is 394 g/mol. The second-order valence-electron chi connectivity index (χ2n) is 9.64. The minimum Gasteiger partial charge on any atom is -0.393 e. The van der Waals surface area contributed by atoms with Crippen LogP contribution in [-0.2, 0) is 0 Å². The van der Waals surface area contributed by atoms with Gasteiger partial charge in [0.25, 0.3) is 0 Å². The Morgan fingerprint density at radius 1 is 0.806 bits per heavy atom. The molecule has 0 bridgehead atoms. The Labute approximate surface area is 183 Å². The maximum atomic E-state index is 14.1. The van der Waals surface area contributed by atoms with Crippen molar-refractivity contribution in [1.82, 2.24) is 9.80 Å². The van der Waals surface area contributed by atoms with E-state index in [4.69, 9.17) is 0 Å². The maximum Gasteiger partial charge on any atom is 0.123 e. The number of rotatable bonds is 4. The molecule has 1 aliphatic heterocycles. The van der Waals surface area contributed by atoms with Crippen LogP contribution in [0, 0.1) is 17.6 Å². The van der Waals surface area contributed by atoms with Crippen molar-refractivity contribution in [3.63, 3.8) is 0 Å². The van der Waals surface area contributed by atoms with E-state index in [0.29, 0.717) is 5.92 Å². The summed E-state index contributed by atoms with van der Waals surface area (Å²) >= 11 is 0. The molecule has 31 heavy (non-hydrogen) atoms. The number of aliphatic hydroxyl groups is 1. The molecule has 2 aliphatic carbocycles. The molecule has 1 saturated carbocycles. The van der Waals surface area contributed by atoms with Gasteiger partial charge in [-0.25, -0.2) is 8.78 Å². The third-order valence-corrected chi connectivity index (χ3v) is 7.69. The molecule has 3 aliphatic rings. The fourth-order valence-corrected chi connectivity index (χ4v) is 5.94. The first-order valence-electron chi connectivity index (χ1n) is 11.8. The SMILES string of the molecule is OC1CCC(CN2CCN([C@H]3C[C@@H](c4ccc(F)cc4)c4ccc(F)cc43)CC2)CC1. The van der Waals surface area contributed by atoms with Gasteiger partial charge in [-0.2, -0.15) is 0 Å². The smallest absolute Gasteiger partial charge is 0.123 e. The first-order chi connectivity index (χ1) is 15.1. The summed E-state index contributed by atoms with van der Waals surface area (Å²) in [6, 6.07) is 12.2. The number of benzene rings is 2. The molecule has 2 aromatic carbocycles. The lowest BCUT2D eigenvalue weighted by atomic mass is 9.87. The van der Waals surface area contributed by atoms with Crippen LogP contribution in [0.5, 0.6) is 0 Å². The van der Waals surface area contributed by atoms with Crippen LogP contribution in [0.2, 0.25) is 0 Å². The van der Waals surface area contributed by atoms with Crippen LogP contribution in [0.15, 0.2) is 42.5 Å². The van der Waals surface area contributed by atoms with Crippen molar-refractivity contribution in [2.45, 2.75) is 50.2 Å². The Hall–Kier alpha value is -1.82. The lowest BCUT2D eigenvalue weighted by molar-refractivity contribution is 0.0618. The summed E-state index contributed by atoms with van der Waals surface area (Å²) in [5, 5.41) is 9.74. The van der Waals surface area contributed by atoms with Crippen molar-refractivity contribution < 1.29 is 13.9 Å². The van der Waals surface area contributed by atoms with Gasteiger partial charge >= 0.3 is 0 Å². The molecule has 5 heteroatoms. The van der Waals surface area contributed by atoms with E-state index in [1.165, 1.54) is 17.7 Å². The van der Waals surface area contributed by atoms with Crippen molar-refractivity contribution in [1.29, 1.82) is 0 Å². The van der Waals surface area contributed by atoms with Crippen molar-refractivity contribution in [3.8, 4) is 0 Å². The Morgan fingerprint density at radius 2 is 1.48 bits per heavy atom. The zero-order valence-electron chi connectivity index (χ0n) is 18.0. The molecule has 1 saturated heterocycles. The van der Waals surface area contributed by atoms with E-state index in [9.17, 15) is 13.9 Å². The lowest BCUT2D eigenvalue weighted by Gasteiger charge is -2.40. The molecule has 5 rings (SSSR count). The highest BCUT2D eigenvalue weighted by atomic mass is 19.1. The van der Waals surface area contributed by atoms with Gasteiger partial charge in [0.05, 0.1) is 6.10 Å². The average Bonchev–Trinajstić information content (AvgIpc) is 3.15. The minimum absolute atomic E-state index is 0.0926. The van der Waals surface area contributed by atoms with Gasteiger partial charge in [0.1, 0.15) is 11.6 Å². The predicted molar refractivity (Wildman–Crippen MR) is 118 cm³/mol. The first-order valence-corrected chi connectivity index (χ1v) is 11.8. The van der Waals surface area contributed by atoms with Crippen LogP contribution in [0.4, 0.5) is 8.78 Å². The number of hydrogen-bond acceptors (Lipinski definition) is 3. The van der Waals surface area contributed by atoms with E-state index in [1.54, 1.807) is 12.1 Å². The molecule has 2 fully saturated rings. The zero-order chi connectivity index (χ0) is 21.4. The summed E-state index contributed by atoms with van der Waals surface area (Å²) in [6.07, 6.45) is 4.99. The van der Waals surface area contributed by atoms with Crippen LogP contribution >= 0.6 is 0 Å². The monoisotopic (exact) mass is 426 g/mol. The van der Waals surface area contributed by atoms with Gasteiger partial charge in [0.2, 0.25) is 0 Å². The van der Waals surface area contributed by atoms with Crippen LogP contribution < -0.4 is 0 Å². The van der Waals surface area contributed by atoms with Crippen LogP contribution in [0.25, 0.3) is 0 Å². The molecule has 1 heterocycles. The molecule has 2 aromatic rings. The predicted octanol–water partition coefficient (Wildman–Crippen LogP) is 4.71. The van der Waals surface area contributed by atoms with E-state index >= 15 is 0 Å². The van der Waals surface area contributed by atoms with Gasteiger partial charge in [0, 0.05) is 44.7 Å². The number of nitrogens with zero attached hydrogens (tertiary/aromatic N) is 2. The standard InChI is InChI=1S/C26H32F2N2O/c27-20-5-3-19(4-6-20)24-16-26(25-15-21(28)7-10-23(24)25)30-13-11-29(12-14-30)17-18-1-8-22(31)9-2-18/h3-7,10,15,18,22,24,26,31H,1-2,8-9,11-14,16-17H2/t18?,22?,24-,26-/m0/s1. The zero-order valence-corrected chi connectivity index (χ0v) is 18.0. The molecule has 3 nitrogen and oxygen atoms in total. The summed E-state index contributed by atoms with van der Waals surface area (Å²) in [6.45, 7) is 5.20. The molecule has 0 unspecified atom stereocenters. The van der Waals surface area contributed by atoms with E-state index in [-0.39, 0.29) is 29.7 Å². The van der Waals surface area contributed by atoms with E-state index in [2.05, 4.69) is 9.80 Å². The number of hydrogen-bond donors (Lipinski definition) is 1. The van der Waals surface area contributed by atoms with Crippen LogP contribution in [0.1, 0.15) is 60.8 Å². The summed E-state index contributed by atoms with van der Waals surface area (Å²) in [7, 11) is 0. The Kier molecular flexibility index (Phi) is 6.09. The Bertz CT molecular complexity index is 887. The van der Waals surface area contributed by atoms with E-state index in [1.807, 2.05) is 18.2 Å². The summed E-state index contributed by atoms with van der Waals surface area (Å²) < 4.78 is 27.6. The Morgan fingerprint density at radius 3 is 2.19 bits per heavy atom. The van der Waals surface area contributed by atoms with Gasteiger partial charge < -0.3 is 10.0 Å². The molecule has 0 radical (unpaired) electrons. The number of halogens is 2. The van der Waals surface area contributed by atoms with Crippen molar-refractivity contribution >= 4 is 0 Å².